The number of benzene rings is 1. The van der Waals surface area contributed by atoms with Crippen LogP contribution in [0.1, 0.15) is 19.4 Å². The quantitative estimate of drug-likeness (QED) is 0.788. The van der Waals surface area contributed by atoms with Crippen molar-refractivity contribution in [2.45, 2.75) is 20.0 Å². The molecule has 17 heavy (non-hydrogen) atoms. The maximum absolute atomic E-state index is 5.61. The van der Waals surface area contributed by atoms with Crippen LogP contribution in [-0.4, -0.2) is 31.3 Å². The third kappa shape index (κ3) is 4.71. The number of likely N-dealkylation sites (N-methyl/N-ethyl adjacent to an activating group) is 1. The Labute approximate surface area is 109 Å². The second kappa shape index (κ2) is 6.57. The van der Waals surface area contributed by atoms with Crippen molar-refractivity contribution in [3.8, 4) is 0 Å². The molecule has 0 aliphatic heterocycles. The lowest BCUT2D eigenvalue weighted by atomic mass is 10.2. The number of hydrogen-bond donors (Lipinski definition) is 1. The lowest BCUT2D eigenvalue weighted by molar-refractivity contribution is 0.0846. The number of thiocarbonyl (C=S) groups is 1. The number of anilines is 1. The van der Waals surface area contributed by atoms with Crippen LogP contribution in [0.2, 0.25) is 0 Å². The molecule has 3 nitrogen and oxygen atoms in total. The molecule has 0 radical (unpaired) electrons. The zero-order valence-corrected chi connectivity index (χ0v) is 11.5. The SMILES string of the molecule is CC(C)OCCN(C)c1cccc(C(N)=S)c1. The first-order valence-corrected chi connectivity index (χ1v) is 6.14. The Balaban J connectivity index is 2.59. The zero-order chi connectivity index (χ0) is 12.8. The molecule has 0 saturated heterocycles. The minimum Gasteiger partial charge on any atom is -0.389 e. The van der Waals surface area contributed by atoms with Gasteiger partial charge in [-0.15, -0.1) is 0 Å². The van der Waals surface area contributed by atoms with E-state index in [9.17, 15) is 0 Å². The topological polar surface area (TPSA) is 38.5 Å². The van der Waals surface area contributed by atoms with Gasteiger partial charge in [-0.3, -0.25) is 0 Å². The van der Waals surface area contributed by atoms with Crippen LogP contribution in [0, 0.1) is 0 Å². The van der Waals surface area contributed by atoms with E-state index in [0.717, 1.165) is 17.8 Å². The van der Waals surface area contributed by atoms with Gasteiger partial charge >= 0.3 is 0 Å². The lowest BCUT2D eigenvalue weighted by Crippen LogP contribution is -2.24. The summed E-state index contributed by atoms with van der Waals surface area (Å²) in [5.41, 5.74) is 7.61. The van der Waals surface area contributed by atoms with Crippen molar-refractivity contribution in [1.82, 2.24) is 0 Å². The van der Waals surface area contributed by atoms with Gasteiger partial charge in [0, 0.05) is 24.8 Å². The normalized spacial score (nSPS) is 10.6. The van der Waals surface area contributed by atoms with Crippen molar-refractivity contribution in [3.05, 3.63) is 29.8 Å². The Morgan fingerprint density at radius 1 is 1.47 bits per heavy atom. The summed E-state index contributed by atoms with van der Waals surface area (Å²) in [5.74, 6) is 0. The number of rotatable bonds is 6. The number of nitrogens with zero attached hydrogens (tertiary/aromatic N) is 1. The smallest absolute Gasteiger partial charge is 0.104 e. The maximum Gasteiger partial charge on any atom is 0.104 e. The van der Waals surface area contributed by atoms with E-state index in [1.807, 2.05) is 45.2 Å². The highest BCUT2D eigenvalue weighted by Gasteiger charge is 2.03. The predicted molar refractivity (Wildman–Crippen MR) is 76.7 cm³/mol. The van der Waals surface area contributed by atoms with Crippen molar-refractivity contribution in [1.29, 1.82) is 0 Å². The monoisotopic (exact) mass is 252 g/mol. The van der Waals surface area contributed by atoms with Crippen molar-refractivity contribution in [3.63, 3.8) is 0 Å². The van der Waals surface area contributed by atoms with Gasteiger partial charge in [0.05, 0.1) is 12.7 Å². The summed E-state index contributed by atoms with van der Waals surface area (Å²) in [4.78, 5) is 2.56. The molecule has 0 unspecified atom stereocenters. The van der Waals surface area contributed by atoms with Gasteiger partial charge in [0.15, 0.2) is 0 Å². The van der Waals surface area contributed by atoms with E-state index in [1.165, 1.54) is 0 Å². The summed E-state index contributed by atoms with van der Waals surface area (Å²) in [6, 6.07) is 7.92. The Morgan fingerprint density at radius 2 is 2.18 bits per heavy atom. The average molecular weight is 252 g/mol. The first kappa shape index (κ1) is 13.9. The van der Waals surface area contributed by atoms with Crippen LogP contribution < -0.4 is 10.6 Å². The van der Waals surface area contributed by atoms with Crippen molar-refractivity contribution in [2.24, 2.45) is 5.73 Å². The maximum atomic E-state index is 5.61. The largest absolute Gasteiger partial charge is 0.389 e. The summed E-state index contributed by atoms with van der Waals surface area (Å²) >= 11 is 4.96. The third-order valence-electron chi connectivity index (χ3n) is 2.45. The Bertz CT molecular complexity index is 379. The van der Waals surface area contributed by atoms with Gasteiger partial charge in [0.2, 0.25) is 0 Å². The van der Waals surface area contributed by atoms with Crippen LogP contribution in [0.4, 0.5) is 5.69 Å². The van der Waals surface area contributed by atoms with Crippen LogP contribution in [0.25, 0.3) is 0 Å². The molecular weight excluding hydrogens is 232 g/mol. The van der Waals surface area contributed by atoms with Gasteiger partial charge in [-0.25, -0.2) is 0 Å². The van der Waals surface area contributed by atoms with Gasteiger partial charge in [-0.1, -0.05) is 24.4 Å². The molecule has 94 valence electrons. The highest BCUT2D eigenvalue weighted by molar-refractivity contribution is 7.80. The highest BCUT2D eigenvalue weighted by atomic mass is 32.1. The Kier molecular flexibility index (Phi) is 5.38. The summed E-state index contributed by atoms with van der Waals surface area (Å²) in [5, 5.41) is 0. The number of ether oxygens (including phenoxy) is 1. The first-order chi connectivity index (χ1) is 8.00. The molecule has 0 fully saturated rings. The van der Waals surface area contributed by atoms with E-state index in [4.69, 9.17) is 22.7 Å². The summed E-state index contributed by atoms with van der Waals surface area (Å²) in [6.45, 7) is 5.63. The van der Waals surface area contributed by atoms with E-state index in [2.05, 4.69) is 4.90 Å². The Morgan fingerprint density at radius 3 is 2.76 bits per heavy atom. The molecule has 0 spiro atoms. The number of nitrogens with two attached hydrogens (primary N) is 1. The lowest BCUT2D eigenvalue weighted by Gasteiger charge is -2.20. The van der Waals surface area contributed by atoms with E-state index in [-0.39, 0.29) is 6.10 Å². The molecule has 0 amide bonds. The molecule has 1 rings (SSSR count). The molecule has 0 heterocycles. The first-order valence-electron chi connectivity index (χ1n) is 5.73. The van der Waals surface area contributed by atoms with E-state index in [0.29, 0.717) is 11.6 Å². The van der Waals surface area contributed by atoms with Crippen molar-refractivity contribution in [2.75, 3.05) is 25.1 Å². The predicted octanol–water partition coefficient (Wildman–Crippen LogP) is 2.18. The highest BCUT2D eigenvalue weighted by Crippen LogP contribution is 2.14. The fourth-order valence-corrected chi connectivity index (χ4v) is 1.58. The van der Waals surface area contributed by atoms with Gasteiger partial charge in [-0.05, 0) is 26.0 Å². The van der Waals surface area contributed by atoms with Gasteiger partial charge in [0.1, 0.15) is 4.99 Å². The van der Waals surface area contributed by atoms with Crippen LogP contribution in [0.3, 0.4) is 0 Å². The minimum absolute atomic E-state index is 0.270. The molecule has 0 atom stereocenters. The second-order valence-electron chi connectivity index (χ2n) is 4.26. The fraction of sp³-hybridized carbons (Fsp3) is 0.462. The standard InChI is InChI=1S/C13H20N2OS/c1-10(2)16-8-7-15(3)12-6-4-5-11(9-12)13(14)17/h4-6,9-10H,7-8H2,1-3H3,(H2,14,17). The summed E-state index contributed by atoms with van der Waals surface area (Å²) < 4.78 is 5.52. The molecule has 2 N–H and O–H groups in total. The van der Waals surface area contributed by atoms with Crippen LogP contribution >= 0.6 is 12.2 Å². The Hall–Kier alpha value is -1.13. The van der Waals surface area contributed by atoms with Crippen LogP contribution in [0.15, 0.2) is 24.3 Å². The third-order valence-corrected chi connectivity index (χ3v) is 2.69. The number of hydrogen-bond acceptors (Lipinski definition) is 3. The summed E-state index contributed by atoms with van der Waals surface area (Å²) in [7, 11) is 2.03. The van der Waals surface area contributed by atoms with E-state index >= 15 is 0 Å². The molecule has 1 aromatic rings. The molecule has 0 aliphatic carbocycles. The van der Waals surface area contributed by atoms with Crippen molar-refractivity contribution < 1.29 is 4.74 Å². The molecule has 0 bridgehead atoms. The molecule has 0 aliphatic rings. The van der Waals surface area contributed by atoms with E-state index in [1.54, 1.807) is 0 Å². The minimum atomic E-state index is 0.270. The molecule has 0 saturated carbocycles. The van der Waals surface area contributed by atoms with Gasteiger partial charge < -0.3 is 15.4 Å². The molecule has 4 heteroatoms. The van der Waals surface area contributed by atoms with Crippen molar-refractivity contribution >= 4 is 22.9 Å². The molecule has 1 aromatic carbocycles. The zero-order valence-electron chi connectivity index (χ0n) is 10.6. The van der Waals surface area contributed by atoms with Gasteiger partial charge in [0.25, 0.3) is 0 Å². The van der Waals surface area contributed by atoms with Crippen LogP contribution in [0.5, 0.6) is 0 Å². The van der Waals surface area contributed by atoms with E-state index < -0.39 is 0 Å². The van der Waals surface area contributed by atoms with Crippen LogP contribution in [-0.2, 0) is 4.74 Å². The fourth-order valence-electron chi connectivity index (χ4n) is 1.45. The van der Waals surface area contributed by atoms with Gasteiger partial charge in [-0.2, -0.15) is 0 Å². The summed E-state index contributed by atoms with van der Waals surface area (Å²) in [6.07, 6.45) is 0.270. The average Bonchev–Trinajstić information content (AvgIpc) is 2.28. The molecule has 0 aromatic heterocycles. The molecular formula is C13H20N2OS. The second-order valence-corrected chi connectivity index (χ2v) is 4.70.